The Bertz CT molecular complexity index is 1200. The molecule has 1 atom stereocenters. The minimum absolute atomic E-state index is 0.140. The topological polar surface area (TPSA) is 72.5 Å². The van der Waals surface area contributed by atoms with Gasteiger partial charge in [-0.3, -0.25) is 4.79 Å². The number of rotatable bonds is 5. The van der Waals surface area contributed by atoms with E-state index in [-0.39, 0.29) is 12.7 Å². The number of para-hydroxylation sites is 1. The molecular formula is C23H19N3O3S. The monoisotopic (exact) mass is 417 g/mol. The Balaban J connectivity index is 1.29. The highest BCUT2D eigenvalue weighted by molar-refractivity contribution is 7.21. The zero-order valence-electron chi connectivity index (χ0n) is 16.2. The largest absolute Gasteiger partial charge is 0.454 e. The SMILES string of the molecule is CC(Nc1cccc(-c2nc3ccccc3s2)c1)C(=O)Nc1ccc2c(c1)OCO2. The lowest BCUT2D eigenvalue weighted by atomic mass is 10.2. The molecule has 0 spiro atoms. The number of carbonyl (C=O) groups is 1. The maximum Gasteiger partial charge on any atom is 0.246 e. The molecular weight excluding hydrogens is 398 g/mol. The highest BCUT2D eigenvalue weighted by Gasteiger charge is 2.17. The summed E-state index contributed by atoms with van der Waals surface area (Å²) >= 11 is 1.66. The van der Waals surface area contributed by atoms with Gasteiger partial charge in [0.05, 0.1) is 10.2 Å². The summed E-state index contributed by atoms with van der Waals surface area (Å²) in [5.41, 5.74) is 3.54. The van der Waals surface area contributed by atoms with Crippen LogP contribution in [-0.2, 0) is 4.79 Å². The van der Waals surface area contributed by atoms with Crippen molar-refractivity contribution >= 4 is 38.8 Å². The second kappa shape index (κ2) is 7.68. The van der Waals surface area contributed by atoms with E-state index in [0.29, 0.717) is 17.2 Å². The van der Waals surface area contributed by atoms with Crippen LogP contribution in [0.25, 0.3) is 20.8 Å². The Morgan fingerprint density at radius 3 is 2.77 bits per heavy atom. The number of hydrogen-bond donors (Lipinski definition) is 2. The van der Waals surface area contributed by atoms with Crippen LogP contribution >= 0.6 is 11.3 Å². The molecule has 3 aromatic carbocycles. The highest BCUT2D eigenvalue weighted by atomic mass is 32.1. The molecule has 0 bridgehead atoms. The van der Waals surface area contributed by atoms with Gasteiger partial charge < -0.3 is 20.1 Å². The van der Waals surface area contributed by atoms with E-state index in [4.69, 9.17) is 14.5 Å². The van der Waals surface area contributed by atoms with Crippen molar-refractivity contribution in [2.75, 3.05) is 17.4 Å². The summed E-state index contributed by atoms with van der Waals surface area (Å²) in [6.45, 7) is 2.03. The van der Waals surface area contributed by atoms with E-state index < -0.39 is 6.04 Å². The van der Waals surface area contributed by atoms with E-state index in [2.05, 4.69) is 16.7 Å². The smallest absolute Gasteiger partial charge is 0.246 e. The first-order valence-corrected chi connectivity index (χ1v) is 10.4. The van der Waals surface area contributed by atoms with E-state index in [0.717, 1.165) is 26.5 Å². The predicted octanol–water partition coefficient (Wildman–Crippen LogP) is 5.13. The molecule has 0 fully saturated rings. The van der Waals surface area contributed by atoms with Crippen LogP contribution in [0.2, 0.25) is 0 Å². The Labute approximate surface area is 177 Å². The number of carbonyl (C=O) groups excluding carboxylic acids is 1. The van der Waals surface area contributed by atoms with Gasteiger partial charge >= 0.3 is 0 Å². The number of hydrogen-bond acceptors (Lipinski definition) is 6. The summed E-state index contributed by atoms with van der Waals surface area (Å²) in [4.78, 5) is 17.3. The molecule has 0 aliphatic carbocycles. The molecule has 150 valence electrons. The molecule has 4 aromatic rings. The highest BCUT2D eigenvalue weighted by Crippen LogP contribution is 2.34. The van der Waals surface area contributed by atoms with Crippen LogP contribution < -0.4 is 20.1 Å². The van der Waals surface area contributed by atoms with Crippen molar-refractivity contribution in [3.63, 3.8) is 0 Å². The van der Waals surface area contributed by atoms with E-state index in [1.807, 2.05) is 49.4 Å². The van der Waals surface area contributed by atoms with Crippen molar-refractivity contribution in [1.29, 1.82) is 0 Å². The van der Waals surface area contributed by atoms with Crippen molar-refractivity contribution in [2.24, 2.45) is 0 Å². The van der Waals surface area contributed by atoms with Gasteiger partial charge in [-0.15, -0.1) is 11.3 Å². The predicted molar refractivity (Wildman–Crippen MR) is 119 cm³/mol. The second-order valence-electron chi connectivity index (χ2n) is 6.99. The van der Waals surface area contributed by atoms with Crippen LogP contribution in [0.1, 0.15) is 6.92 Å². The van der Waals surface area contributed by atoms with Crippen LogP contribution in [0, 0.1) is 0 Å². The molecule has 0 saturated carbocycles. The molecule has 1 aromatic heterocycles. The van der Waals surface area contributed by atoms with Gasteiger partial charge in [0.15, 0.2) is 11.5 Å². The third kappa shape index (κ3) is 3.67. The first-order chi connectivity index (χ1) is 14.7. The number of anilines is 2. The summed E-state index contributed by atoms with van der Waals surface area (Å²) in [6.07, 6.45) is 0. The fourth-order valence-corrected chi connectivity index (χ4v) is 4.24. The Morgan fingerprint density at radius 1 is 1.00 bits per heavy atom. The Morgan fingerprint density at radius 2 is 1.87 bits per heavy atom. The Hall–Kier alpha value is -3.58. The summed E-state index contributed by atoms with van der Waals surface area (Å²) < 4.78 is 11.8. The van der Waals surface area contributed by atoms with Gasteiger partial charge in [-0.2, -0.15) is 0 Å². The van der Waals surface area contributed by atoms with Gasteiger partial charge in [0.2, 0.25) is 12.7 Å². The lowest BCUT2D eigenvalue weighted by Gasteiger charge is -2.16. The lowest BCUT2D eigenvalue weighted by Crippen LogP contribution is -2.31. The van der Waals surface area contributed by atoms with Crippen LogP contribution in [0.3, 0.4) is 0 Å². The first kappa shape index (κ1) is 18.4. The number of amides is 1. The molecule has 1 unspecified atom stereocenters. The maximum atomic E-state index is 12.6. The number of aromatic nitrogens is 1. The molecule has 1 aliphatic rings. The molecule has 6 nitrogen and oxygen atoms in total. The fraction of sp³-hybridized carbons (Fsp3) is 0.130. The molecule has 0 radical (unpaired) electrons. The average molecular weight is 417 g/mol. The van der Waals surface area contributed by atoms with Gasteiger partial charge in [-0.05, 0) is 43.3 Å². The van der Waals surface area contributed by atoms with E-state index in [1.165, 1.54) is 0 Å². The number of benzene rings is 3. The normalized spacial score (nSPS) is 13.2. The van der Waals surface area contributed by atoms with Crippen molar-refractivity contribution < 1.29 is 14.3 Å². The second-order valence-corrected chi connectivity index (χ2v) is 8.02. The minimum Gasteiger partial charge on any atom is -0.454 e. The van der Waals surface area contributed by atoms with Crippen molar-refractivity contribution in [1.82, 2.24) is 4.98 Å². The minimum atomic E-state index is -0.430. The average Bonchev–Trinajstić information content (AvgIpc) is 3.40. The van der Waals surface area contributed by atoms with Gasteiger partial charge in [0, 0.05) is 23.0 Å². The summed E-state index contributed by atoms with van der Waals surface area (Å²) in [7, 11) is 0. The fourth-order valence-electron chi connectivity index (χ4n) is 3.28. The van der Waals surface area contributed by atoms with Crippen molar-refractivity contribution in [3.8, 4) is 22.1 Å². The number of nitrogens with zero attached hydrogens (tertiary/aromatic N) is 1. The zero-order valence-corrected chi connectivity index (χ0v) is 17.0. The van der Waals surface area contributed by atoms with Gasteiger partial charge in [-0.25, -0.2) is 4.98 Å². The third-order valence-electron chi connectivity index (χ3n) is 4.82. The van der Waals surface area contributed by atoms with Crippen LogP contribution in [0.4, 0.5) is 11.4 Å². The summed E-state index contributed by atoms with van der Waals surface area (Å²) in [6, 6.07) is 21.0. The standard InChI is InChI=1S/C23H19N3O3S/c1-14(22(27)25-17-9-10-19-20(12-17)29-13-28-19)24-16-6-4-5-15(11-16)23-26-18-7-2-3-8-21(18)30-23/h2-12,14,24H,13H2,1H3,(H,25,27). The molecule has 2 heterocycles. The molecule has 7 heteroatoms. The molecule has 1 aliphatic heterocycles. The van der Waals surface area contributed by atoms with Crippen molar-refractivity contribution in [3.05, 3.63) is 66.7 Å². The summed E-state index contributed by atoms with van der Waals surface area (Å²) in [5.74, 6) is 1.18. The number of ether oxygens (including phenoxy) is 2. The Kier molecular flexibility index (Phi) is 4.72. The van der Waals surface area contributed by atoms with Gasteiger partial charge in [-0.1, -0.05) is 24.3 Å². The van der Waals surface area contributed by atoms with Crippen molar-refractivity contribution in [2.45, 2.75) is 13.0 Å². The quantitative estimate of drug-likeness (QED) is 0.471. The van der Waals surface area contributed by atoms with Crippen LogP contribution in [-0.4, -0.2) is 23.7 Å². The zero-order chi connectivity index (χ0) is 20.5. The molecule has 5 rings (SSSR count). The van der Waals surface area contributed by atoms with E-state index in [1.54, 1.807) is 29.5 Å². The number of nitrogens with one attached hydrogen (secondary N) is 2. The first-order valence-electron chi connectivity index (χ1n) is 9.59. The van der Waals surface area contributed by atoms with E-state index >= 15 is 0 Å². The lowest BCUT2D eigenvalue weighted by molar-refractivity contribution is -0.116. The van der Waals surface area contributed by atoms with Crippen LogP contribution in [0.5, 0.6) is 11.5 Å². The molecule has 0 saturated heterocycles. The molecule has 2 N–H and O–H groups in total. The maximum absolute atomic E-state index is 12.6. The van der Waals surface area contributed by atoms with Gasteiger partial charge in [0.25, 0.3) is 0 Å². The third-order valence-corrected chi connectivity index (χ3v) is 5.91. The molecule has 30 heavy (non-hydrogen) atoms. The number of thiazole rings is 1. The van der Waals surface area contributed by atoms with Crippen LogP contribution in [0.15, 0.2) is 66.7 Å². The number of fused-ring (bicyclic) bond motifs is 2. The summed E-state index contributed by atoms with van der Waals surface area (Å²) in [5, 5.41) is 7.13. The van der Waals surface area contributed by atoms with E-state index in [9.17, 15) is 4.79 Å². The van der Waals surface area contributed by atoms with Gasteiger partial charge in [0.1, 0.15) is 11.0 Å². The molecule has 1 amide bonds.